The van der Waals surface area contributed by atoms with Crippen LogP contribution in [-0.2, 0) is 4.74 Å². The highest BCUT2D eigenvalue weighted by molar-refractivity contribution is 6.31. The number of fused-ring (bicyclic) bond motifs is 1. The van der Waals surface area contributed by atoms with Crippen LogP contribution in [0.4, 0.5) is 30.8 Å². The maximum atomic E-state index is 14.6. The van der Waals surface area contributed by atoms with E-state index in [-0.39, 0.29) is 27.5 Å². The average molecular weight is 524 g/mol. The van der Waals surface area contributed by atoms with Crippen molar-refractivity contribution in [2.24, 2.45) is 0 Å². The lowest BCUT2D eigenvalue weighted by Crippen LogP contribution is -2.36. The van der Waals surface area contributed by atoms with Gasteiger partial charge in [-0.15, -0.1) is 0 Å². The quantitative estimate of drug-likeness (QED) is 0.346. The fourth-order valence-corrected chi connectivity index (χ4v) is 4.16. The molecule has 3 aromatic carbocycles. The molecule has 0 bridgehead atoms. The molecule has 2 amide bonds. The van der Waals surface area contributed by atoms with Crippen molar-refractivity contribution in [3.05, 3.63) is 88.6 Å². The zero-order valence-corrected chi connectivity index (χ0v) is 20.1. The second kappa shape index (κ2) is 10.5. The van der Waals surface area contributed by atoms with Crippen LogP contribution in [0.5, 0.6) is 0 Å². The van der Waals surface area contributed by atoms with Crippen LogP contribution in [-0.4, -0.2) is 48.1 Å². The number of morpholine rings is 1. The van der Waals surface area contributed by atoms with Gasteiger partial charge < -0.3 is 20.3 Å². The third-order valence-electron chi connectivity index (χ3n) is 5.72. The molecule has 0 saturated carbocycles. The number of halogens is 3. The molecular formula is C26H20ClF2N5O3. The highest BCUT2D eigenvalue weighted by atomic mass is 35.5. The number of carbonyl (C=O) groups is 2. The Bertz CT molecular complexity index is 1490. The number of ether oxygens (including phenoxy) is 1. The van der Waals surface area contributed by atoms with Crippen LogP contribution in [0.15, 0.2) is 60.8 Å². The highest BCUT2D eigenvalue weighted by Gasteiger charge is 2.18. The summed E-state index contributed by atoms with van der Waals surface area (Å²) in [6.45, 7) is 2.55. The molecular weight excluding hydrogens is 504 g/mol. The SMILES string of the molecule is O=C(Nc1cc(F)cc(Cl)c1)Nc1ccc(F)c(C(=O)c2ccc3ncc(N4CCOCC4)nc3c2)c1. The fourth-order valence-electron chi connectivity index (χ4n) is 3.94. The maximum absolute atomic E-state index is 14.6. The van der Waals surface area contributed by atoms with Gasteiger partial charge in [-0.1, -0.05) is 11.6 Å². The molecule has 1 saturated heterocycles. The van der Waals surface area contributed by atoms with Gasteiger partial charge in [0.05, 0.1) is 36.0 Å². The first-order valence-electron chi connectivity index (χ1n) is 11.3. The molecule has 1 aromatic heterocycles. The van der Waals surface area contributed by atoms with E-state index in [1.54, 1.807) is 24.4 Å². The second-order valence-electron chi connectivity index (χ2n) is 8.29. The minimum Gasteiger partial charge on any atom is -0.378 e. The Balaban J connectivity index is 1.36. The minimum atomic E-state index is -0.749. The summed E-state index contributed by atoms with van der Waals surface area (Å²) in [5.41, 5.74) is 1.38. The highest BCUT2D eigenvalue weighted by Crippen LogP contribution is 2.23. The Hall–Kier alpha value is -4.15. The van der Waals surface area contributed by atoms with Crippen LogP contribution in [0, 0.1) is 11.6 Å². The van der Waals surface area contributed by atoms with Crippen LogP contribution < -0.4 is 15.5 Å². The molecule has 0 spiro atoms. The Kier molecular flexibility index (Phi) is 6.93. The van der Waals surface area contributed by atoms with Crippen LogP contribution >= 0.6 is 11.6 Å². The largest absolute Gasteiger partial charge is 0.378 e. The molecule has 188 valence electrons. The number of carbonyl (C=O) groups excluding carboxylic acids is 2. The Morgan fingerprint density at radius 2 is 1.70 bits per heavy atom. The molecule has 0 aliphatic carbocycles. The van der Waals surface area contributed by atoms with Crippen molar-refractivity contribution in [3.63, 3.8) is 0 Å². The normalized spacial score (nSPS) is 13.4. The van der Waals surface area contributed by atoms with E-state index in [2.05, 4.69) is 20.6 Å². The Morgan fingerprint density at radius 3 is 2.49 bits per heavy atom. The number of hydrogen-bond acceptors (Lipinski definition) is 6. The topological polar surface area (TPSA) is 96.5 Å². The monoisotopic (exact) mass is 523 g/mol. The van der Waals surface area contributed by atoms with Crippen molar-refractivity contribution in [1.82, 2.24) is 9.97 Å². The first-order chi connectivity index (χ1) is 17.9. The number of ketones is 1. The van der Waals surface area contributed by atoms with Gasteiger partial charge in [-0.05, 0) is 54.6 Å². The van der Waals surface area contributed by atoms with Crippen LogP contribution in [0.25, 0.3) is 11.0 Å². The van der Waals surface area contributed by atoms with Crippen LogP contribution in [0.3, 0.4) is 0 Å². The molecule has 11 heteroatoms. The minimum absolute atomic E-state index is 0.113. The van der Waals surface area contributed by atoms with Gasteiger partial charge in [0.2, 0.25) is 0 Å². The van der Waals surface area contributed by atoms with E-state index in [1.807, 2.05) is 4.90 Å². The van der Waals surface area contributed by atoms with E-state index in [0.717, 1.165) is 18.2 Å². The number of urea groups is 1. The summed E-state index contributed by atoms with van der Waals surface area (Å²) in [6.07, 6.45) is 1.67. The first kappa shape index (κ1) is 24.5. The standard InChI is InChI=1S/C26H20ClF2N5O3/c27-16-10-17(28)12-19(11-16)32-26(36)31-18-2-3-21(29)20(13-18)25(35)15-1-4-22-23(9-15)33-24(14-30-22)34-5-7-37-8-6-34/h1-4,9-14H,5-8H2,(H2,31,32,36). The predicted molar refractivity (Wildman–Crippen MR) is 136 cm³/mol. The molecule has 4 aromatic rings. The Morgan fingerprint density at radius 1 is 0.919 bits per heavy atom. The lowest BCUT2D eigenvalue weighted by atomic mass is 10.0. The molecule has 1 aliphatic heterocycles. The molecule has 2 heterocycles. The molecule has 1 fully saturated rings. The molecule has 0 atom stereocenters. The summed E-state index contributed by atoms with van der Waals surface area (Å²) < 4.78 is 33.5. The summed E-state index contributed by atoms with van der Waals surface area (Å²) in [5, 5.41) is 5.06. The van der Waals surface area contributed by atoms with Crippen molar-refractivity contribution in [2.45, 2.75) is 0 Å². The first-order valence-corrected chi connectivity index (χ1v) is 11.7. The van der Waals surface area contributed by atoms with E-state index in [9.17, 15) is 18.4 Å². The number of anilines is 3. The zero-order valence-electron chi connectivity index (χ0n) is 19.3. The van der Waals surface area contributed by atoms with Crippen molar-refractivity contribution in [3.8, 4) is 0 Å². The maximum Gasteiger partial charge on any atom is 0.323 e. The number of rotatable bonds is 5. The summed E-state index contributed by atoms with van der Waals surface area (Å²) >= 11 is 5.80. The average Bonchev–Trinajstić information content (AvgIpc) is 2.88. The van der Waals surface area contributed by atoms with Crippen molar-refractivity contribution in [2.75, 3.05) is 41.8 Å². The van der Waals surface area contributed by atoms with Gasteiger partial charge in [0.15, 0.2) is 5.78 Å². The molecule has 37 heavy (non-hydrogen) atoms. The van der Waals surface area contributed by atoms with Crippen molar-refractivity contribution >= 4 is 51.6 Å². The number of aromatic nitrogens is 2. The lowest BCUT2D eigenvalue weighted by Gasteiger charge is -2.27. The molecule has 8 nitrogen and oxygen atoms in total. The van der Waals surface area contributed by atoms with Gasteiger partial charge in [-0.2, -0.15) is 0 Å². The summed E-state index contributed by atoms with van der Waals surface area (Å²) in [4.78, 5) is 36.7. The summed E-state index contributed by atoms with van der Waals surface area (Å²) in [6, 6.07) is 11.2. The summed E-state index contributed by atoms with van der Waals surface area (Å²) in [5.74, 6) is -1.28. The zero-order chi connectivity index (χ0) is 25.9. The number of nitrogens with zero attached hydrogens (tertiary/aromatic N) is 3. The number of amides is 2. The van der Waals surface area contributed by atoms with E-state index in [4.69, 9.17) is 16.3 Å². The molecule has 1 aliphatic rings. The van der Waals surface area contributed by atoms with Gasteiger partial charge in [0, 0.05) is 35.1 Å². The third-order valence-corrected chi connectivity index (χ3v) is 5.93. The molecule has 5 rings (SSSR count). The van der Waals surface area contributed by atoms with E-state index in [0.29, 0.717) is 43.2 Å². The predicted octanol–water partition coefficient (Wildman–Crippen LogP) is 5.27. The Labute approximate surface area is 215 Å². The van der Waals surface area contributed by atoms with Crippen LogP contribution in [0.2, 0.25) is 5.02 Å². The molecule has 0 radical (unpaired) electrons. The van der Waals surface area contributed by atoms with E-state index >= 15 is 0 Å². The van der Waals surface area contributed by atoms with E-state index in [1.165, 1.54) is 18.2 Å². The van der Waals surface area contributed by atoms with Crippen LogP contribution in [0.1, 0.15) is 15.9 Å². The smallest absolute Gasteiger partial charge is 0.323 e. The van der Waals surface area contributed by atoms with Gasteiger partial charge in [-0.25, -0.2) is 18.6 Å². The second-order valence-corrected chi connectivity index (χ2v) is 8.73. The molecule has 2 N–H and O–H groups in total. The summed E-state index contributed by atoms with van der Waals surface area (Å²) in [7, 11) is 0. The van der Waals surface area contributed by atoms with Gasteiger partial charge in [0.1, 0.15) is 17.5 Å². The number of benzene rings is 3. The number of nitrogens with one attached hydrogen (secondary N) is 2. The van der Waals surface area contributed by atoms with Gasteiger partial charge in [-0.3, -0.25) is 9.78 Å². The van der Waals surface area contributed by atoms with Crippen molar-refractivity contribution < 1.29 is 23.1 Å². The van der Waals surface area contributed by atoms with Gasteiger partial charge in [0.25, 0.3) is 0 Å². The number of hydrogen-bond donors (Lipinski definition) is 2. The van der Waals surface area contributed by atoms with Crippen molar-refractivity contribution in [1.29, 1.82) is 0 Å². The lowest BCUT2D eigenvalue weighted by molar-refractivity contribution is 0.103. The fraction of sp³-hybridized carbons (Fsp3) is 0.154. The van der Waals surface area contributed by atoms with Gasteiger partial charge >= 0.3 is 6.03 Å². The molecule has 0 unspecified atom stereocenters. The van der Waals surface area contributed by atoms with E-state index < -0.39 is 23.4 Å². The third kappa shape index (κ3) is 5.65.